The van der Waals surface area contributed by atoms with Crippen molar-refractivity contribution in [3.63, 3.8) is 0 Å². The van der Waals surface area contributed by atoms with E-state index in [9.17, 15) is 18.0 Å². The van der Waals surface area contributed by atoms with Gasteiger partial charge in [-0.2, -0.15) is 0 Å². The van der Waals surface area contributed by atoms with E-state index in [1.807, 2.05) is 0 Å². The van der Waals surface area contributed by atoms with Crippen LogP contribution in [-0.2, 0) is 14.8 Å². The molecule has 1 aromatic heterocycles. The third kappa shape index (κ3) is 2.37. The molecule has 2 rings (SSSR count). The molecule has 0 bridgehead atoms. The van der Waals surface area contributed by atoms with Gasteiger partial charge in [0.25, 0.3) is 0 Å². The zero-order chi connectivity index (χ0) is 12.6. The molecule has 8 heteroatoms. The van der Waals surface area contributed by atoms with Gasteiger partial charge in [0, 0.05) is 19.0 Å². The lowest BCUT2D eigenvalue weighted by molar-refractivity contribution is -0.117. The highest BCUT2D eigenvalue weighted by Crippen LogP contribution is 2.21. The van der Waals surface area contributed by atoms with Crippen LogP contribution < -0.4 is 15.6 Å². The molecule has 0 radical (unpaired) electrons. The number of pyridine rings is 1. The molecule has 1 amide bonds. The Hall–Kier alpha value is -1.67. The summed E-state index contributed by atoms with van der Waals surface area (Å²) in [5, 5.41) is 4.08. The fourth-order valence-electron chi connectivity index (χ4n) is 1.72. The predicted octanol–water partition coefficient (Wildman–Crippen LogP) is -1.23. The number of H-pyrrole nitrogens is 1. The summed E-state index contributed by atoms with van der Waals surface area (Å²) >= 11 is 0. The zero-order valence-electron chi connectivity index (χ0n) is 8.79. The molecule has 1 atom stereocenters. The molecule has 3 N–H and O–H groups in total. The largest absolute Gasteiger partial charge is 0.308 e. The second kappa shape index (κ2) is 3.97. The van der Waals surface area contributed by atoms with Gasteiger partial charge in [0.2, 0.25) is 21.5 Å². The average molecular weight is 257 g/mol. The molecule has 0 aliphatic carbocycles. The summed E-state index contributed by atoms with van der Waals surface area (Å²) in [6.07, 6.45) is -0.157. The molecular formula is C9H11N3O4S. The molecule has 1 saturated heterocycles. The van der Waals surface area contributed by atoms with Crippen molar-refractivity contribution < 1.29 is 13.2 Å². The standard InChI is InChI=1S/C9H11N3O4S/c10-17(15,16)6-4-9(14)12(5-6)7-2-1-3-8(13)11-7/h1-3,6H,4-5H2,(H,11,13)(H2,10,15,16). The lowest BCUT2D eigenvalue weighted by Crippen LogP contribution is -2.32. The topological polar surface area (TPSA) is 113 Å². The first-order chi connectivity index (χ1) is 7.88. The molecule has 1 unspecified atom stereocenters. The number of nitrogens with two attached hydrogens (primary N) is 1. The predicted molar refractivity (Wildman–Crippen MR) is 60.9 cm³/mol. The SMILES string of the molecule is NS(=O)(=O)C1CC(=O)N(c2cccc(=O)[nH]2)C1. The van der Waals surface area contributed by atoms with Crippen molar-refractivity contribution in [2.45, 2.75) is 11.7 Å². The van der Waals surface area contributed by atoms with E-state index in [-0.39, 0.29) is 30.2 Å². The number of hydrogen-bond acceptors (Lipinski definition) is 4. The number of anilines is 1. The first-order valence-electron chi connectivity index (χ1n) is 4.89. The normalized spacial score (nSPS) is 20.9. The lowest BCUT2D eigenvalue weighted by Gasteiger charge is -2.15. The van der Waals surface area contributed by atoms with Crippen molar-refractivity contribution in [3.8, 4) is 0 Å². The fraction of sp³-hybridized carbons (Fsp3) is 0.333. The highest BCUT2D eigenvalue weighted by molar-refractivity contribution is 7.89. The number of carbonyl (C=O) groups is 1. The molecule has 0 aromatic carbocycles. The van der Waals surface area contributed by atoms with Crippen LogP contribution in [0.3, 0.4) is 0 Å². The Bertz CT molecular complexity index is 607. The number of rotatable bonds is 2. The van der Waals surface area contributed by atoms with Gasteiger partial charge in [-0.3, -0.25) is 14.5 Å². The van der Waals surface area contributed by atoms with Gasteiger partial charge in [0.05, 0.1) is 0 Å². The third-order valence-electron chi connectivity index (χ3n) is 2.60. The maximum Gasteiger partial charge on any atom is 0.249 e. The highest BCUT2D eigenvalue weighted by Gasteiger charge is 2.37. The van der Waals surface area contributed by atoms with Gasteiger partial charge in [0.15, 0.2) is 0 Å². The number of primary sulfonamides is 1. The third-order valence-corrected chi connectivity index (χ3v) is 3.84. The van der Waals surface area contributed by atoms with E-state index < -0.39 is 15.3 Å². The van der Waals surface area contributed by atoms with Crippen LogP contribution in [0.4, 0.5) is 5.82 Å². The van der Waals surface area contributed by atoms with E-state index in [1.165, 1.54) is 23.1 Å². The Morgan fingerprint density at radius 1 is 1.35 bits per heavy atom. The number of aromatic amines is 1. The van der Waals surface area contributed by atoms with Crippen LogP contribution in [0.5, 0.6) is 0 Å². The summed E-state index contributed by atoms with van der Waals surface area (Å²) in [5.41, 5.74) is -0.352. The van der Waals surface area contributed by atoms with Gasteiger partial charge < -0.3 is 4.98 Å². The fourth-order valence-corrected chi connectivity index (χ4v) is 2.45. The zero-order valence-corrected chi connectivity index (χ0v) is 9.61. The molecule has 1 aliphatic heterocycles. The number of nitrogens with zero attached hydrogens (tertiary/aromatic N) is 1. The van der Waals surface area contributed by atoms with E-state index in [0.717, 1.165) is 0 Å². The number of aromatic nitrogens is 1. The Morgan fingerprint density at radius 2 is 2.06 bits per heavy atom. The molecule has 0 spiro atoms. The van der Waals surface area contributed by atoms with E-state index in [2.05, 4.69) is 4.98 Å². The first-order valence-corrected chi connectivity index (χ1v) is 6.50. The maximum absolute atomic E-state index is 11.6. The Labute approximate surface area is 97.3 Å². The summed E-state index contributed by atoms with van der Waals surface area (Å²) < 4.78 is 22.3. The highest BCUT2D eigenvalue weighted by atomic mass is 32.2. The Kier molecular flexibility index (Phi) is 2.76. The molecule has 1 aliphatic rings. The van der Waals surface area contributed by atoms with Crippen LogP contribution in [0, 0.1) is 0 Å². The van der Waals surface area contributed by atoms with Crippen molar-refractivity contribution in [2.75, 3.05) is 11.4 Å². The van der Waals surface area contributed by atoms with Crippen LogP contribution in [0.15, 0.2) is 23.0 Å². The smallest absolute Gasteiger partial charge is 0.249 e. The van der Waals surface area contributed by atoms with Crippen LogP contribution >= 0.6 is 0 Å². The van der Waals surface area contributed by atoms with Crippen molar-refractivity contribution in [1.29, 1.82) is 0 Å². The minimum absolute atomic E-state index is 0.0301. The maximum atomic E-state index is 11.6. The Morgan fingerprint density at radius 3 is 2.59 bits per heavy atom. The Balaban J connectivity index is 2.31. The van der Waals surface area contributed by atoms with Crippen molar-refractivity contribution in [3.05, 3.63) is 28.6 Å². The number of nitrogens with one attached hydrogen (secondary N) is 1. The van der Waals surface area contributed by atoms with Crippen LogP contribution in [-0.4, -0.2) is 31.1 Å². The van der Waals surface area contributed by atoms with E-state index in [0.29, 0.717) is 0 Å². The van der Waals surface area contributed by atoms with Crippen LogP contribution in [0.1, 0.15) is 6.42 Å². The summed E-state index contributed by atoms with van der Waals surface area (Å²) in [7, 11) is -3.74. The van der Waals surface area contributed by atoms with E-state index in [1.54, 1.807) is 0 Å². The van der Waals surface area contributed by atoms with Crippen molar-refractivity contribution in [2.24, 2.45) is 5.14 Å². The van der Waals surface area contributed by atoms with Crippen LogP contribution in [0.2, 0.25) is 0 Å². The van der Waals surface area contributed by atoms with E-state index >= 15 is 0 Å². The lowest BCUT2D eigenvalue weighted by atomic mass is 10.4. The van der Waals surface area contributed by atoms with Gasteiger partial charge in [-0.25, -0.2) is 13.6 Å². The molecule has 2 heterocycles. The first kappa shape index (κ1) is 11.8. The average Bonchev–Trinajstić information content (AvgIpc) is 2.60. The molecule has 1 aromatic rings. The van der Waals surface area contributed by atoms with Gasteiger partial charge in [0.1, 0.15) is 11.1 Å². The second-order valence-electron chi connectivity index (χ2n) is 3.82. The van der Waals surface area contributed by atoms with Gasteiger partial charge in [-0.15, -0.1) is 0 Å². The van der Waals surface area contributed by atoms with Crippen molar-refractivity contribution >= 4 is 21.7 Å². The van der Waals surface area contributed by atoms with E-state index in [4.69, 9.17) is 5.14 Å². The molecule has 17 heavy (non-hydrogen) atoms. The minimum atomic E-state index is -3.74. The molecular weight excluding hydrogens is 246 g/mol. The number of hydrogen-bond donors (Lipinski definition) is 2. The minimum Gasteiger partial charge on any atom is -0.308 e. The van der Waals surface area contributed by atoms with Gasteiger partial charge >= 0.3 is 0 Å². The number of sulfonamides is 1. The second-order valence-corrected chi connectivity index (χ2v) is 5.66. The molecule has 92 valence electrons. The summed E-state index contributed by atoms with van der Waals surface area (Å²) in [6.45, 7) is -0.0301. The quantitative estimate of drug-likeness (QED) is 0.690. The molecule has 1 fully saturated rings. The summed E-state index contributed by atoms with van der Waals surface area (Å²) in [4.78, 5) is 26.4. The summed E-state index contributed by atoms with van der Waals surface area (Å²) in [5.74, 6) is -0.0838. The molecule has 7 nitrogen and oxygen atoms in total. The van der Waals surface area contributed by atoms with Gasteiger partial charge in [-0.05, 0) is 6.07 Å². The number of carbonyl (C=O) groups excluding carboxylic acids is 1. The van der Waals surface area contributed by atoms with Gasteiger partial charge in [-0.1, -0.05) is 6.07 Å². The molecule has 0 saturated carbocycles. The summed E-state index contributed by atoms with van der Waals surface area (Å²) in [6, 6.07) is 4.33. The van der Waals surface area contributed by atoms with Crippen molar-refractivity contribution in [1.82, 2.24) is 4.98 Å². The number of amides is 1. The van der Waals surface area contributed by atoms with Crippen LogP contribution in [0.25, 0.3) is 0 Å². The monoisotopic (exact) mass is 257 g/mol.